The Morgan fingerprint density at radius 3 is 2.57 bits per heavy atom. The fraction of sp³-hybridized carbons (Fsp3) is 0.381. The van der Waals surface area contributed by atoms with E-state index < -0.39 is 15.4 Å². The lowest BCUT2D eigenvalue weighted by atomic mass is 9.94. The van der Waals surface area contributed by atoms with Crippen molar-refractivity contribution >= 4 is 27.3 Å². The van der Waals surface area contributed by atoms with Gasteiger partial charge in [0.15, 0.2) is 0 Å². The topological polar surface area (TPSA) is 75.7 Å². The zero-order chi connectivity index (χ0) is 20.5. The van der Waals surface area contributed by atoms with Crippen LogP contribution in [0.4, 0.5) is 11.4 Å². The van der Waals surface area contributed by atoms with Gasteiger partial charge in [0.1, 0.15) is 10.6 Å². The standard InChI is InChI=1S/C21H26N2O4S/c1-5-27-18-8-6-7-9-19(18)28(25,26)22-16-11-10-15-12-13-23(17(15)14-16)20(24)21(2,3)4/h6-11,14,22H,5,12-13H2,1-4H3. The van der Waals surface area contributed by atoms with E-state index in [1.807, 2.05) is 26.8 Å². The molecule has 1 heterocycles. The lowest BCUT2D eigenvalue weighted by Gasteiger charge is -2.26. The van der Waals surface area contributed by atoms with E-state index in [0.29, 0.717) is 24.6 Å². The van der Waals surface area contributed by atoms with Crippen LogP contribution in [0.2, 0.25) is 0 Å². The molecule has 28 heavy (non-hydrogen) atoms. The molecule has 0 atom stereocenters. The van der Waals surface area contributed by atoms with Crippen LogP contribution in [0.5, 0.6) is 5.75 Å². The van der Waals surface area contributed by atoms with E-state index >= 15 is 0 Å². The van der Waals surface area contributed by atoms with E-state index in [2.05, 4.69) is 4.72 Å². The zero-order valence-electron chi connectivity index (χ0n) is 16.7. The van der Waals surface area contributed by atoms with Crippen LogP contribution in [0.25, 0.3) is 0 Å². The Morgan fingerprint density at radius 2 is 1.89 bits per heavy atom. The summed E-state index contributed by atoms with van der Waals surface area (Å²) in [6.07, 6.45) is 0.761. The van der Waals surface area contributed by atoms with Gasteiger partial charge in [0.05, 0.1) is 12.3 Å². The molecule has 1 aliphatic heterocycles. The van der Waals surface area contributed by atoms with E-state index in [1.165, 1.54) is 6.07 Å². The molecule has 0 bridgehead atoms. The molecule has 0 unspecified atom stereocenters. The minimum atomic E-state index is -3.83. The van der Waals surface area contributed by atoms with Crippen molar-refractivity contribution in [2.45, 2.75) is 39.0 Å². The van der Waals surface area contributed by atoms with E-state index in [0.717, 1.165) is 17.7 Å². The largest absolute Gasteiger partial charge is 0.492 e. The van der Waals surface area contributed by atoms with Crippen LogP contribution in [-0.2, 0) is 21.2 Å². The summed E-state index contributed by atoms with van der Waals surface area (Å²) < 4.78 is 33.9. The summed E-state index contributed by atoms with van der Waals surface area (Å²) >= 11 is 0. The number of nitrogens with one attached hydrogen (secondary N) is 1. The van der Waals surface area contributed by atoms with Crippen LogP contribution in [0, 0.1) is 5.41 Å². The third-order valence-corrected chi connectivity index (χ3v) is 5.98. The van der Waals surface area contributed by atoms with Gasteiger partial charge in [-0.1, -0.05) is 39.0 Å². The molecule has 0 fully saturated rings. The Bertz CT molecular complexity index is 994. The third-order valence-electron chi connectivity index (χ3n) is 4.56. The van der Waals surface area contributed by atoms with Crippen LogP contribution < -0.4 is 14.4 Å². The molecule has 0 saturated heterocycles. The summed E-state index contributed by atoms with van der Waals surface area (Å²) in [7, 11) is -3.83. The number of anilines is 2. The first-order valence-corrected chi connectivity index (χ1v) is 10.8. The highest BCUT2D eigenvalue weighted by Crippen LogP contribution is 2.35. The van der Waals surface area contributed by atoms with Crippen LogP contribution in [0.1, 0.15) is 33.3 Å². The number of fused-ring (bicyclic) bond motifs is 1. The van der Waals surface area contributed by atoms with Gasteiger partial charge in [-0.3, -0.25) is 9.52 Å². The number of hydrogen-bond donors (Lipinski definition) is 1. The number of sulfonamides is 1. The van der Waals surface area contributed by atoms with Crippen molar-refractivity contribution in [2.24, 2.45) is 5.41 Å². The number of rotatable bonds is 5. The summed E-state index contributed by atoms with van der Waals surface area (Å²) in [6, 6.07) is 11.9. The highest BCUT2D eigenvalue weighted by Gasteiger charge is 2.32. The molecule has 2 aromatic rings. The summed E-state index contributed by atoms with van der Waals surface area (Å²) in [4.78, 5) is 14.6. The van der Waals surface area contributed by atoms with E-state index in [9.17, 15) is 13.2 Å². The van der Waals surface area contributed by atoms with E-state index in [1.54, 1.807) is 42.2 Å². The first-order chi connectivity index (χ1) is 13.1. The number of nitrogens with zero attached hydrogens (tertiary/aromatic N) is 1. The number of carbonyl (C=O) groups is 1. The average molecular weight is 403 g/mol. The minimum Gasteiger partial charge on any atom is -0.492 e. The fourth-order valence-electron chi connectivity index (χ4n) is 3.22. The van der Waals surface area contributed by atoms with Crippen molar-refractivity contribution in [1.82, 2.24) is 0 Å². The van der Waals surface area contributed by atoms with E-state index in [-0.39, 0.29) is 10.8 Å². The van der Waals surface area contributed by atoms with Gasteiger partial charge in [-0.25, -0.2) is 8.42 Å². The number of hydrogen-bond acceptors (Lipinski definition) is 4. The lowest BCUT2D eigenvalue weighted by Crippen LogP contribution is -2.38. The monoisotopic (exact) mass is 402 g/mol. The molecule has 1 N–H and O–H groups in total. The Labute approximate surface area is 166 Å². The van der Waals surface area contributed by atoms with Crippen LogP contribution in [0.15, 0.2) is 47.4 Å². The molecule has 0 aliphatic carbocycles. The van der Waals surface area contributed by atoms with Gasteiger partial charge in [-0.15, -0.1) is 0 Å². The Morgan fingerprint density at radius 1 is 1.18 bits per heavy atom. The summed E-state index contributed by atoms with van der Waals surface area (Å²) in [5, 5.41) is 0. The van der Waals surface area contributed by atoms with Gasteiger partial charge in [0.2, 0.25) is 5.91 Å². The molecule has 0 saturated carbocycles. The average Bonchev–Trinajstić information content (AvgIpc) is 3.03. The molecule has 1 aliphatic rings. The molecule has 7 heteroatoms. The molecule has 2 aromatic carbocycles. The SMILES string of the molecule is CCOc1ccccc1S(=O)(=O)Nc1ccc2c(c1)N(C(=O)C(C)(C)C)CC2. The van der Waals surface area contributed by atoms with Crippen molar-refractivity contribution in [3.63, 3.8) is 0 Å². The van der Waals surface area contributed by atoms with Gasteiger partial charge in [-0.2, -0.15) is 0 Å². The van der Waals surface area contributed by atoms with Gasteiger partial charge >= 0.3 is 0 Å². The van der Waals surface area contributed by atoms with Crippen molar-refractivity contribution in [3.8, 4) is 5.75 Å². The van der Waals surface area contributed by atoms with Crippen LogP contribution in [-0.4, -0.2) is 27.5 Å². The maximum atomic E-state index is 12.9. The van der Waals surface area contributed by atoms with Crippen LogP contribution >= 0.6 is 0 Å². The quantitative estimate of drug-likeness (QED) is 0.825. The normalized spacial score (nSPS) is 13.9. The number of ether oxygens (including phenoxy) is 1. The number of amides is 1. The molecule has 1 amide bonds. The first-order valence-electron chi connectivity index (χ1n) is 9.33. The highest BCUT2D eigenvalue weighted by atomic mass is 32.2. The zero-order valence-corrected chi connectivity index (χ0v) is 17.5. The molecular weight excluding hydrogens is 376 g/mol. The second kappa shape index (κ2) is 7.47. The third kappa shape index (κ3) is 3.99. The Balaban J connectivity index is 1.92. The molecular formula is C21H26N2O4S. The van der Waals surface area contributed by atoms with Crippen molar-refractivity contribution in [3.05, 3.63) is 48.0 Å². The van der Waals surface area contributed by atoms with Gasteiger partial charge in [-0.05, 0) is 43.2 Å². The van der Waals surface area contributed by atoms with Gasteiger partial charge in [0, 0.05) is 17.6 Å². The highest BCUT2D eigenvalue weighted by molar-refractivity contribution is 7.92. The van der Waals surface area contributed by atoms with Gasteiger partial charge in [0.25, 0.3) is 10.0 Å². The Hall–Kier alpha value is -2.54. The fourth-order valence-corrected chi connectivity index (χ4v) is 4.41. The van der Waals surface area contributed by atoms with Crippen molar-refractivity contribution < 1.29 is 17.9 Å². The predicted molar refractivity (Wildman–Crippen MR) is 110 cm³/mol. The second-order valence-electron chi connectivity index (χ2n) is 7.79. The maximum absolute atomic E-state index is 12.9. The maximum Gasteiger partial charge on any atom is 0.265 e. The molecule has 150 valence electrons. The van der Waals surface area contributed by atoms with Gasteiger partial charge < -0.3 is 9.64 Å². The van der Waals surface area contributed by atoms with Crippen molar-refractivity contribution in [1.29, 1.82) is 0 Å². The number of benzene rings is 2. The molecule has 0 spiro atoms. The second-order valence-corrected chi connectivity index (χ2v) is 9.44. The first kappa shape index (κ1) is 20.2. The summed E-state index contributed by atoms with van der Waals surface area (Å²) in [5.41, 5.74) is 1.71. The smallest absolute Gasteiger partial charge is 0.265 e. The molecule has 6 nitrogen and oxygen atoms in total. The minimum absolute atomic E-state index is 0.0212. The lowest BCUT2D eigenvalue weighted by molar-refractivity contribution is -0.125. The van der Waals surface area contributed by atoms with Crippen LogP contribution in [0.3, 0.4) is 0 Å². The number of carbonyl (C=O) groups excluding carboxylic acids is 1. The van der Waals surface area contributed by atoms with E-state index in [4.69, 9.17) is 4.74 Å². The molecule has 3 rings (SSSR count). The number of para-hydroxylation sites is 1. The summed E-state index contributed by atoms with van der Waals surface area (Å²) in [6.45, 7) is 8.42. The Kier molecular flexibility index (Phi) is 5.39. The summed E-state index contributed by atoms with van der Waals surface area (Å²) in [5.74, 6) is 0.330. The predicted octanol–water partition coefficient (Wildman–Crippen LogP) is 3.82. The molecule has 0 aromatic heterocycles. The van der Waals surface area contributed by atoms with Crippen molar-refractivity contribution in [2.75, 3.05) is 22.8 Å². The molecule has 0 radical (unpaired) electrons.